The fourth-order valence-corrected chi connectivity index (χ4v) is 2.08. The molecule has 0 heterocycles. The predicted molar refractivity (Wildman–Crippen MR) is 83.0 cm³/mol. The van der Waals surface area contributed by atoms with Gasteiger partial charge in [0, 0.05) is 38.1 Å². The molecular formula is C15H25N3O2. The van der Waals surface area contributed by atoms with Crippen molar-refractivity contribution in [3.8, 4) is 0 Å². The van der Waals surface area contributed by atoms with E-state index in [-0.39, 0.29) is 24.5 Å². The standard InChI is InChI=1S/C15H25N3O2/c1-10(2)13(7-8-19)17-15(20)12-9-11(16)5-6-14(12)18(3)4/h5-6,9-10,13,19H,7-8,16H2,1-4H3,(H,17,20). The van der Waals surface area contributed by atoms with Crippen molar-refractivity contribution in [1.82, 2.24) is 5.32 Å². The second-order valence-corrected chi connectivity index (χ2v) is 5.51. The topological polar surface area (TPSA) is 78.6 Å². The van der Waals surface area contributed by atoms with E-state index < -0.39 is 0 Å². The highest BCUT2D eigenvalue weighted by molar-refractivity contribution is 6.00. The molecule has 5 nitrogen and oxygen atoms in total. The summed E-state index contributed by atoms with van der Waals surface area (Å²) in [5.41, 5.74) is 7.71. The van der Waals surface area contributed by atoms with Crippen molar-refractivity contribution in [2.75, 3.05) is 31.3 Å². The van der Waals surface area contributed by atoms with E-state index in [1.807, 2.05) is 38.9 Å². The van der Waals surface area contributed by atoms with E-state index in [9.17, 15) is 4.79 Å². The monoisotopic (exact) mass is 279 g/mol. The van der Waals surface area contributed by atoms with Gasteiger partial charge in [-0.3, -0.25) is 4.79 Å². The highest BCUT2D eigenvalue weighted by atomic mass is 16.3. The molecule has 112 valence electrons. The minimum atomic E-state index is -0.159. The van der Waals surface area contributed by atoms with Crippen LogP contribution in [0.5, 0.6) is 0 Å². The Balaban J connectivity index is 2.99. The van der Waals surface area contributed by atoms with Gasteiger partial charge in [0.05, 0.1) is 5.56 Å². The summed E-state index contributed by atoms with van der Waals surface area (Å²) in [5, 5.41) is 12.1. The molecule has 1 unspecified atom stereocenters. The van der Waals surface area contributed by atoms with Gasteiger partial charge in [-0.25, -0.2) is 0 Å². The molecule has 0 spiro atoms. The molecule has 0 saturated heterocycles. The van der Waals surface area contributed by atoms with E-state index in [2.05, 4.69) is 5.32 Å². The number of hydrogen-bond acceptors (Lipinski definition) is 4. The summed E-state index contributed by atoms with van der Waals surface area (Å²) < 4.78 is 0. The maximum atomic E-state index is 12.4. The highest BCUT2D eigenvalue weighted by Crippen LogP contribution is 2.22. The van der Waals surface area contributed by atoms with Crippen LogP contribution in [0.25, 0.3) is 0 Å². The summed E-state index contributed by atoms with van der Waals surface area (Å²) in [6.07, 6.45) is 0.545. The number of nitrogens with two attached hydrogens (primary N) is 1. The van der Waals surface area contributed by atoms with E-state index in [0.29, 0.717) is 17.7 Å². The normalized spacial score (nSPS) is 12.3. The molecule has 0 aromatic heterocycles. The summed E-state index contributed by atoms with van der Waals surface area (Å²) in [6.45, 7) is 4.10. The second kappa shape index (κ2) is 7.14. The third kappa shape index (κ3) is 4.13. The van der Waals surface area contributed by atoms with Crippen LogP contribution < -0.4 is 16.0 Å². The smallest absolute Gasteiger partial charge is 0.253 e. The number of nitrogens with zero attached hydrogens (tertiary/aromatic N) is 1. The first-order chi connectivity index (χ1) is 9.36. The van der Waals surface area contributed by atoms with Gasteiger partial charge >= 0.3 is 0 Å². The number of anilines is 2. The molecule has 0 bridgehead atoms. The molecule has 0 radical (unpaired) electrons. The van der Waals surface area contributed by atoms with Gasteiger partial charge in [-0.1, -0.05) is 13.8 Å². The minimum absolute atomic E-state index is 0.0519. The number of benzene rings is 1. The number of aliphatic hydroxyl groups excluding tert-OH is 1. The number of carbonyl (C=O) groups is 1. The lowest BCUT2D eigenvalue weighted by Crippen LogP contribution is -2.39. The van der Waals surface area contributed by atoms with Crippen molar-refractivity contribution in [1.29, 1.82) is 0 Å². The third-order valence-corrected chi connectivity index (χ3v) is 3.31. The molecule has 0 aliphatic heterocycles. The Bertz CT molecular complexity index is 458. The number of carbonyl (C=O) groups excluding carboxylic acids is 1. The Morgan fingerprint density at radius 1 is 1.40 bits per heavy atom. The number of rotatable bonds is 6. The number of hydrogen-bond donors (Lipinski definition) is 3. The molecule has 1 rings (SSSR count). The molecule has 0 aliphatic rings. The van der Waals surface area contributed by atoms with E-state index >= 15 is 0 Å². The van der Waals surface area contributed by atoms with Gasteiger partial charge in [0.2, 0.25) is 0 Å². The molecular weight excluding hydrogens is 254 g/mol. The molecule has 1 aromatic carbocycles. The van der Waals surface area contributed by atoms with Crippen LogP contribution in [0.1, 0.15) is 30.6 Å². The summed E-state index contributed by atoms with van der Waals surface area (Å²) in [5.74, 6) is 0.100. The lowest BCUT2D eigenvalue weighted by molar-refractivity contribution is 0.0917. The largest absolute Gasteiger partial charge is 0.399 e. The number of nitrogen functional groups attached to an aromatic ring is 1. The number of nitrogens with one attached hydrogen (secondary N) is 1. The Hall–Kier alpha value is -1.75. The molecule has 20 heavy (non-hydrogen) atoms. The van der Waals surface area contributed by atoms with Crippen LogP contribution in [0.15, 0.2) is 18.2 Å². The SMILES string of the molecule is CC(C)C(CCO)NC(=O)c1cc(N)ccc1N(C)C. The maximum absolute atomic E-state index is 12.4. The zero-order valence-electron chi connectivity index (χ0n) is 12.7. The molecule has 0 saturated carbocycles. The van der Waals surface area contributed by atoms with E-state index in [4.69, 9.17) is 10.8 Å². The van der Waals surface area contributed by atoms with Crippen LogP contribution in [0, 0.1) is 5.92 Å². The lowest BCUT2D eigenvalue weighted by Gasteiger charge is -2.23. The Kier molecular flexibility index (Phi) is 5.82. The van der Waals surface area contributed by atoms with E-state index in [1.54, 1.807) is 12.1 Å². The van der Waals surface area contributed by atoms with E-state index in [1.165, 1.54) is 0 Å². The van der Waals surface area contributed by atoms with E-state index in [0.717, 1.165) is 5.69 Å². The number of amides is 1. The van der Waals surface area contributed by atoms with Crippen molar-refractivity contribution >= 4 is 17.3 Å². The zero-order valence-corrected chi connectivity index (χ0v) is 12.7. The minimum Gasteiger partial charge on any atom is -0.399 e. The Labute approximate surface area is 120 Å². The van der Waals surface area contributed by atoms with Gasteiger partial charge in [0.15, 0.2) is 0 Å². The van der Waals surface area contributed by atoms with Crippen molar-refractivity contribution in [2.45, 2.75) is 26.3 Å². The molecule has 1 amide bonds. The quantitative estimate of drug-likeness (QED) is 0.689. The van der Waals surface area contributed by atoms with Crippen molar-refractivity contribution < 1.29 is 9.90 Å². The van der Waals surface area contributed by atoms with Gasteiger partial charge in [0.25, 0.3) is 5.91 Å². The van der Waals surface area contributed by atoms with Crippen LogP contribution in [0.4, 0.5) is 11.4 Å². The lowest BCUT2D eigenvalue weighted by atomic mass is 10.0. The van der Waals surface area contributed by atoms with Gasteiger partial charge in [0.1, 0.15) is 0 Å². The van der Waals surface area contributed by atoms with Gasteiger partial charge in [-0.15, -0.1) is 0 Å². The van der Waals surface area contributed by atoms with Gasteiger partial charge in [-0.2, -0.15) is 0 Å². The average molecular weight is 279 g/mol. The van der Waals surface area contributed by atoms with Crippen LogP contribution >= 0.6 is 0 Å². The third-order valence-electron chi connectivity index (χ3n) is 3.31. The summed E-state index contributed by atoms with van der Waals surface area (Å²) in [7, 11) is 3.77. The Morgan fingerprint density at radius 2 is 2.05 bits per heavy atom. The van der Waals surface area contributed by atoms with Crippen molar-refractivity contribution in [3.05, 3.63) is 23.8 Å². The number of aliphatic hydroxyl groups is 1. The highest BCUT2D eigenvalue weighted by Gasteiger charge is 2.19. The van der Waals surface area contributed by atoms with Crippen LogP contribution in [0.2, 0.25) is 0 Å². The fourth-order valence-electron chi connectivity index (χ4n) is 2.08. The first-order valence-corrected chi connectivity index (χ1v) is 6.85. The second-order valence-electron chi connectivity index (χ2n) is 5.51. The molecule has 0 aliphatic carbocycles. The van der Waals surface area contributed by atoms with Crippen LogP contribution in [0.3, 0.4) is 0 Å². The van der Waals surface area contributed by atoms with Gasteiger partial charge in [-0.05, 0) is 30.5 Å². The first kappa shape index (κ1) is 16.3. The summed E-state index contributed by atoms with van der Waals surface area (Å²) in [4.78, 5) is 14.3. The molecule has 0 fully saturated rings. The van der Waals surface area contributed by atoms with Crippen molar-refractivity contribution in [2.24, 2.45) is 5.92 Å². The molecule has 4 N–H and O–H groups in total. The molecule has 1 atom stereocenters. The molecule has 1 aromatic rings. The maximum Gasteiger partial charge on any atom is 0.253 e. The zero-order chi connectivity index (χ0) is 15.3. The summed E-state index contributed by atoms with van der Waals surface area (Å²) >= 11 is 0. The molecule has 5 heteroatoms. The van der Waals surface area contributed by atoms with Crippen molar-refractivity contribution in [3.63, 3.8) is 0 Å². The van der Waals surface area contributed by atoms with Gasteiger partial charge < -0.3 is 21.1 Å². The van der Waals surface area contributed by atoms with Crippen LogP contribution in [-0.4, -0.2) is 37.8 Å². The van der Waals surface area contributed by atoms with Crippen LogP contribution in [-0.2, 0) is 0 Å². The first-order valence-electron chi connectivity index (χ1n) is 6.85. The summed E-state index contributed by atoms with van der Waals surface area (Å²) in [6, 6.07) is 5.24. The average Bonchev–Trinajstić information content (AvgIpc) is 2.37. The predicted octanol–water partition coefficient (Wildman–Crippen LogP) is 1.47. The fraction of sp³-hybridized carbons (Fsp3) is 0.533. The Morgan fingerprint density at radius 3 is 2.55 bits per heavy atom.